The number of pyridine rings is 1. The van der Waals surface area contributed by atoms with Crippen LogP contribution in [0.15, 0.2) is 41.3 Å². The van der Waals surface area contributed by atoms with Crippen molar-refractivity contribution in [2.45, 2.75) is 44.9 Å². The summed E-state index contributed by atoms with van der Waals surface area (Å²) in [6, 6.07) is 9.34. The molecule has 2 aromatic rings. The second kappa shape index (κ2) is 8.93. The van der Waals surface area contributed by atoms with Gasteiger partial charge in [0.25, 0.3) is 5.91 Å². The van der Waals surface area contributed by atoms with Crippen molar-refractivity contribution in [2.24, 2.45) is 0 Å². The minimum atomic E-state index is -1.35. The van der Waals surface area contributed by atoms with Crippen LogP contribution in [0.25, 0.3) is 0 Å². The Kier molecular flexibility index (Phi) is 6.08. The fourth-order valence-corrected chi connectivity index (χ4v) is 4.20. The summed E-state index contributed by atoms with van der Waals surface area (Å²) in [4.78, 5) is 39.8. The monoisotopic (exact) mass is 426 g/mol. The molecular weight excluding hydrogens is 400 g/mol. The van der Waals surface area contributed by atoms with Crippen LogP contribution in [-0.2, 0) is 11.2 Å². The van der Waals surface area contributed by atoms with Crippen LogP contribution in [0.3, 0.4) is 0 Å². The van der Waals surface area contributed by atoms with Gasteiger partial charge < -0.3 is 24.0 Å². The Labute approximate surface area is 180 Å². The van der Waals surface area contributed by atoms with Crippen molar-refractivity contribution in [3.05, 3.63) is 63.6 Å². The number of amides is 1. The molecule has 2 aliphatic heterocycles. The van der Waals surface area contributed by atoms with Gasteiger partial charge >= 0.3 is 5.97 Å². The number of carbonyl (C=O) groups is 2. The zero-order valence-corrected chi connectivity index (χ0v) is 17.5. The van der Waals surface area contributed by atoms with Crippen molar-refractivity contribution in [2.75, 3.05) is 19.8 Å². The predicted molar refractivity (Wildman–Crippen MR) is 113 cm³/mol. The molecule has 1 N–H and O–H groups in total. The third-order valence-electron chi connectivity index (χ3n) is 5.74. The van der Waals surface area contributed by atoms with Crippen molar-refractivity contribution in [1.29, 1.82) is 0 Å². The molecule has 0 saturated carbocycles. The number of fused-ring (bicyclic) bond motifs is 2. The number of carboxylic acids is 1. The zero-order valence-electron chi connectivity index (χ0n) is 17.5. The first-order chi connectivity index (χ1) is 15.0. The highest BCUT2D eigenvalue weighted by Gasteiger charge is 2.44. The summed E-state index contributed by atoms with van der Waals surface area (Å²) in [6.45, 7) is 3.24. The minimum absolute atomic E-state index is 0.105. The van der Waals surface area contributed by atoms with Crippen LogP contribution >= 0.6 is 0 Å². The normalized spacial score (nSPS) is 20.2. The van der Waals surface area contributed by atoms with E-state index in [2.05, 4.69) is 0 Å². The third-order valence-corrected chi connectivity index (χ3v) is 5.74. The molecule has 1 amide bonds. The number of unbranched alkanes of at least 4 members (excludes halogenated alkanes) is 1. The van der Waals surface area contributed by atoms with Gasteiger partial charge in [0.15, 0.2) is 17.7 Å². The average molecular weight is 426 g/mol. The van der Waals surface area contributed by atoms with Crippen molar-refractivity contribution in [3.8, 4) is 5.75 Å². The Morgan fingerprint density at radius 2 is 2.03 bits per heavy atom. The van der Waals surface area contributed by atoms with Crippen molar-refractivity contribution >= 4 is 11.9 Å². The van der Waals surface area contributed by atoms with Crippen LogP contribution in [0.2, 0.25) is 0 Å². The Hall–Kier alpha value is -3.13. The lowest BCUT2D eigenvalue weighted by atomic mass is 9.98. The first-order valence-electron chi connectivity index (χ1n) is 10.6. The molecule has 0 spiro atoms. The van der Waals surface area contributed by atoms with Crippen molar-refractivity contribution in [1.82, 2.24) is 9.47 Å². The van der Waals surface area contributed by atoms with E-state index < -0.39 is 23.2 Å². The average Bonchev–Trinajstić information content (AvgIpc) is 2.78. The molecule has 2 aliphatic rings. The lowest BCUT2D eigenvalue weighted by Gasteiger charge is -2.45. The molecule has 0 aliphatic carbocycles. The number of carbonyl (C=O) groups excluding carboxylic acids is 1. The molecule has 0 bridgehead atoms. The van der Waals surface area contributed by atoms with Gasteiger partial charge in [0.2, 0.25) is 5.43 Å². The van der Waals surface area contributed by atoms with E-state index in [9.17, 15) is 19.5 Å². The fourth-order valence-electron chi connectivity index (χ4n) is 4.20. The van der Waals surface area contributed by atoms with Crippen LogP contribution < -0.4 is 10.2 Å². The van der Waals surface area contributed by atoms with E-state index in [-0.39, 0.29) is 30.0 Å². The van der Waals surface area contributed by atoms with Gasteiger partial charge in [-0.05, 0) is 24.8 Å². The number of aromatic nitrogens is 1. The molecule has 1 aromatic heterocycles. The molecule has 1 fully saturated rings. The van der Waals surface area contributed by atoms with Gasteiger partial charge in [-0.15, -0.1) is 0 Å². The lowest BCUT2D eigenvalue weighted by Crippen LogP contribution is -2.56. The van der Waals surface area contributed by atoms with E-state index in [0.29, 0.717) is 32.4 Å². The molecule has 8 heteroatoms. The highest BCUT2D eigenvalue weighted by atomic mass is 16.5. The van der Waals surface area contributed by atoms with Gasteiger partial charge in [0.05, 0.1) is 19.3 Å². The Balaban J connectivity index is 1.89. The molecule has 3 heterocycles. The first-order valence-corrected chi connectivity index (χ1v) is 10.6. The van der Waals surface area contributed by atoms with E-state index in [1.165, 1.54) is 6.20 Å². The minimum Gasteiger partial charge on any atom is -0.487 e. The number of benzene rings is 1. The number of hydrogen-bond acceptors (Lipinski definition) is 5. The molecule has 0 unspecified atom stereocenters. The predicted octanol–water partition coefficient (Wildman–Crippen LogP) is 2.71. The summed E-state index contributed by atoms with van der Waals surface area (Å²) >= 11 is 0. The molecule has 1 aromatic carbocycles. The molecule has 4 rings (SSSR count). The van der Waals surface area contributed by atoms with Gasteiger partial charge in [-0.25, -0.2) is 4.79 Å². The fraction of sp³-hybridized carbons (Fsp3) is 0.435. The topological polar surface area (TPSA) is 98.1 Å². The van der Waals surface area contributed by atoms with E-state index >= 15 is 0 Å². The number of aromatic carboxylic acids is 1. The first kappa shape index (κ1) is 21.1. The summed E-state index contributed by atoms with van der Waals surface area (Å²) in [5, 5.41) is 9.64. The lowest BCUT2D eigenvalue weighted by molar-refractivity contribution is -0.111. The maximum atomic E-state index is 13.4. The Morgan fingerprint density at radius 3 is 2.74 bits per heavy atom. The molecule has 164 valence electrons. The maximum Gasteiger partial charge on any atom is 0.341 e. The van der Waals surface area contributed by atoms with Gasteiger partial charge in [0, 0.05) is 12.7 Å². The number of carboxylic acid groups (broad SMARTS) is 1. The van der Waals surface area contributed by atoms with Gasteiger partial charge in [0.1, 0.15) is 5.56 Å². The van der Waals surface area contributed by atoms with E-state index in [1.54, 1.807) is 9.47 Å². The molecular formula is C23H26N2O6. The Bertz CT molecular complexity index is 1030. The van der Waals surface area contributed by atoms with Crippen LogP contribution in [0.1, 0.15) is 58.6 Å². The number of nitrogens with zero attached hydrogens (tertiary/aromatic N) is 2. The second-order valence-corrected chi connectivity index (χ2v) is 7.83. The molecule has 31 heavy (non-hydrogen) atoms. The summed E-state index contributed by atoms with van der Waals surface area (Å²) in [7, 11) is 0. The van der Waals surface area contributed by atoms with E-state index in [4.69, 9.17) is 9.47 Å². The second-order valence-electron chi connectivity index (χ2n) is 7.83. The highest BCUT2D eigenvalue weighted by molar-refractivity contribution is 5.98. The van der Waals surface area contributed by atoms with Crippen molar-refractivity contribution in [3.63, 3.8) is 0 Å². The van der Waals surface area contributed by atoms with Gasteiger partial charge in [-0.1, -0.05) is 43.7 Å². The number of hydrogen-bond donors (Lipinski definition) is 1. The van der Waals surface area contributed by atoms with Crippen LogP contribution in [0.5, 0.6) is 5.75 Å². The van der Waals surface area contributed by atoms with Gasteiger partial charge in [-0.2, -0.15) is 0 Å². The molecule has 0 radical (unpaired) electrons. The SMILES string of the molecule is CCCCOc1c2n(cc(C(=O)O)c1=O)[C@@H](Cc1ccccc1)[C@@H]1OCCCN1C2=O. The summed E-state index contributed by atoms with van der Waals surface area (Å²) in [5.41, 5.74) is -0.0526. The quantitative estimate of drug-likeness (QED) is 0.684. The standard InChI is InChI=1S/C23H26N2O6/c1-2-3-11-30-20-18-21(27)24-10-7-12-31-22(24)17(13-15-8-5-4-6-9-15)25(18)14-16(19(20)26)23(28)29/h4-6,8-9,14,17,22H,2-3,7,10-13H2,1H3,(H,28,29)/t17-,22-/m0/s1. The van der Waals surface area contributed by atoms with Crippen LogP contribution in [0.4, 0.5) is 0 Å². The van der Waals surface area contributed by atoms with E-state index in [0.717, 1.165) is 12.0 Å². The maximum absolute atomic E-state index is 13.4. The van der Waals surface area contributed by atoms with Crippen LogP contribution in [0, 0.1) is 0 Å². The summed E-state index contributed by atoms with van der Waals surface area (Å²) in [6.07, 6.45) is 3.47. The number of ether oxygens (including phenoxy) is 2. The van der Waals surface area contributed by atoms with Crippen LogP contribution in [-0.4, -0.2) is 52.4 Å². The smallest absolute Gasteiger partial charge is 0.341 e. The number of rotatable bonds is 7. The summed E-state index contributed by atoms with van der Waals surface area (Å²) < 4.78 is 13.3. The van der Waals surface area contributed by atoms with E-state index in [1.807, 2.05) is 37.3 Å². The molecule has 2 atom stereocenters. The third kappa shape index (κ3) is 3.95. The highest BCUT2D eigenvalue weighted by Crippen LogP contribution is 2.35. The molecule has 1 saturated heterocycles. The van der Waals surface area contributed by atoms with Crippen molar-refractivity contribution < 1.29 is 24.2 Å². The zero-order chi connectivity index (χ0) is 22.0. The summed E-state index contributed by atoms with van der Waals surface area (Å²) in [5.74, 6) is -1.89. The Morgan fingerprint density at radius 1 is 1.26 bits per heavy atom. The van der Waals surface area contributed by atoms with Gasteiger partial charge in [-0.3, -0.25) is 9.59 Å². The largest absolute Gasteiger partial charge is 0.487 e. The molecule has 8 nitrogen and oxygen atoms in total.